The van der Waals surface area contributed by atoms with Gasteiger partial charge in [-0.1, -0.05) is 60.1 Å². The number of likely N-dealkylation sites (tertiary alicyclic amines) is 1. The van der Waals surface area contributed by atoms with Gasteiger partial charge >= 0.3 is 0 Å². The fourth-order valence-electron chi connectivity index (χ4n) is 4.56. The number of nitrogens with one attached hydrogen (secondary N) is 2. The van der Waals surface area contributed by atoms with Crippen molar-refractivity contribution in [2.45, 2.75) is 38.5 Å². The second kappa shape index (κ2) is 10.3. The Hall–Kier alpha value is -2.60. The van der Waals surface area contributed by atoms with Crippen molar-refractivity contribution in [1.82, 2.24) is 15.5 Å². The molecule has 6 heteroatoms. The summed E-state index contributed by atoms with van der Waals surface area (Å²) in [5.41, 5.74) is 2.27. The molecule has 0 radical (unpaired) electrons. The van der Waals surface area contributed by atoms with E-state index < -0.39 is 0 Å². The van der Waals surface area contributed by atoms with Crippen molar-refractivity contribution in [3.05, 3.63) is 76.8 Å². The van der Waals surface area contributed by atoms with Crippen molar-refractivity contribution in [1.29, 1.82) is 0 Å². The van der Waals surface area contributed by atoms with Crippen LogP contribution in [0.2, 0.25) is 5.02 Å². The van der Waals surface area contributed by atoms with E-state index in [1.807, 2.05) is 43.3 Å². The van der Waals surface area contributed by atoms with Crippen LogP contribution in [-0.4, -0.2) is 43.1 Å². The molecule has 3 aromatic rings. The van der Waals surface area contributed by atoms with Gasteiger partial charge in [0.15, 0.2) is 0 Å². The molecule has 1 amide bonds. The van der Waals surface area contributed by atoms with Crippen LogP contribution in [0, 0.1) is 0 Å². The fraction of sp³-hybridized carbons (Fsp3) is 0.346. The molecule has 0 saturated carbocycles. The normalized spacial score (nSPS) is 18.7. The van der Waals surface area contributed by atoms with Gasteiger partial charge in [0.2, 0.25) is 5.91 Å². The van der Waals surface area contributed by atoms with E-state index in [1.54, 1.807) is 7.11 Å². The zero-order chi connectivity index (χ0) is 22.5. The maximum absolute atomic E-state index is 12.8. The number of fused-ring (bicyclic) bond motifs is 1. The highest BCUT2D eigenvalue weighted by molar-refractivity contribution is 6.31. The minimum absolute atomic E-state index is 0.0822. The Morgan fingerprint density at radius 2 is 1.81 bits per heavy atom. The minimum atomic E-state index is -0.170. The quantitative estimate of drug-likeness (QED) is 0.534. The molecule has 0 aliphatic carbocycles. The number of carbonyl (C=O) groups is 1. The summed E-state index contributed by atoms with van der Waals surface area (Å²) in [6, 6.07) is 20.3. The van der Waals surface area contributed by atoms with Crippen LogP contribution in [0.15, 0.2) is 60.7 Å². The van der Waals surface area contributed by atoms with Gasteiger partial charge in [-0.3, -0.25) is 9.69 Å². The summed E-state index contributed by atoms with van der Waals surface area (Å²) in [6.45, 7) is 4.77. The molecule has 0 unspecified atom stereocenters. The summed E-state index contributed by atoms with van der Waals surface area (Å²) in [7, 11) is 1.70. The van der Waals surface area contributed by atoms with Crippen molar-refractivity contribution in [2.24, 2.45) is 0 Å². The smallest absolute Gasteiger partial charge is 0.237 e. The van der Waals surface area contributed by atoms with Gasteiger partial charge in [-0.15, -0.1) is 0 Å². The molecular formula is C26H30ClN3O2. The lowest BCUT2D eigenvalue weighted by molar-refractivity contribution is -0.125. The molecule has 0 spiro atoms. The van der Waals surface area contributed by atoms with Crippen LogP contribution in [0.25, 0.3) is 10.8 Å². The van der Waals surface area contributed by atoms with Gasteiger partial charge < -0.3 is 15.4 Å². The average Bonchev–Trinajstić information content (AvgIpc) is 3.22. The zero-order valence-corrected chi connectivity index (χ0v) is 19.4. The lowest BCUT2D eigenvalue weighted by Crippen LogP contribution is -2.42. The largest absolute Gasteiger partial charge is 0.496 e. The summed E-state index contributed by atoms with van der Waals surface area (Å²) < 4.78 is 5.52. The highest BCUT2D eigenvalue weighted by atomic mass is 35.5. The molecule has 32 heavy (non-hydrogen) atoms. The number of rotatable bonds is 8. The average molecular weight is 452 g/mol. The zero-order valence-electron chi connectivity index (χ0n) is 18.6. The van der Waals surface area contributed by atoms with Crippen LogP contribution >= 0.6 is 11.6 Å². The molecule has 1 aliphatic heterocycles. The molecular weight excluding hydrogens is 422 g/mol. The first kappa shape index (κ1) is 22.6. The van der Waals surface area contributed by atoms with Gasteiger partial charge in [0.25, 0.3) is 0 Å². The molecule has 2 N–H and O–H groups in total. The van der Waals surface area contributed by atoms with Crippen LogP contribution in [0.4, 0.5) is 0 Å². The third-order valence-corrected chi connectivity index (χ3v) is 6.53. The van der Waals surface area contributed by atoms with Crippen LogP contribution in [0.5, 0.6) is 5.75 Å². The summed E-state index contributed by atoms with van der Waals surface area (Å²) in [5, 5.41) is 9.72. The summed E-state index contributed by atoms with van der Waals surface area (Å²) in [6.07, 6.45) is 0.768. The van der Waals surface area contributed by atoms with E-state index in [0.717, 1.165) is 41.2 Å². The van der Waals surface area contributed by atoms with Crippen LogP contribution < -0.4 is 15.4 Å². The standard InChI is InChI=1S/C26H30ClN3O2/c1-3-28-26(31)24-14-20(17-30(24)16-19-8-4-7-11-23(19)27)29-15-18-12-13-25(32-2)22-10-6-5-9-21(18)22/h4-13,20,24,29H,3,14-17H2,1-2H3,(H,28,31)/t20-,24-/m0/s1. The molecule has 2 atom stereocenters. The number of halogens is 1. The van der Waals surface area contributed by atoms with E-state index in [2.05, 4.69) is 39.8 Å². The van der Waals surface area contributed by atoms with E-state index >= 15 is 0 Å². The van der Waals surface area contributed by atoms with E-state index in [0.29, 0.717) is 13.1 Å². The molecule has 3 aromatic carbocycles. The second-order valence-electron chi connectivity index (χ2n) is 8.22. The molecule has 1 fully saturated rings. The number of nitrogens with zero attached hydrogens (tertiary/aromatic N) is 1. The van der Waals surface area contributed by atoms with Crippen molar-refractivity contribution < 1.29 is 9.53 Å². The number of hydrogen-bond acceptors (Lipinski definition) is 4. The molecule has 4 rings (SSSR count). The third-order valence-electron chi connectivity index (χ3n) is 6.16. The van der Waals surface area contributed by atoms with Gasteiger partial charge in [-0.2, -0.15) is 0 Å². The number of amides is 1. The van der Waals surface area contributed by atoms with Gasteiger partial charge in [0.1, 0.15) is 5.75 Å². The van der Waals surface area contributed by atoms with Gasteiger partial charge in [0, 0.05) is 42.6 Å². The lowest BCUT2D eigenvalue weighted by atomic mass is 10.0. The molecule has 0 aromatic heterocycles. The summed E-state index contributed by atoms with van der Waals surface area (Å²) in [5.74, 6) is 0.964. The van der Waals surface area contributed by atoms with Gasteiger partial charge in [0.05, 0.1) is 13.2 Å². The van der Waals surface area contributed by atoms with Gasteiger partial charge in [-0.25, -0.2) is 0 Å². The van der Waals surface area contributed by atoms with Crippen LogP contribution in [-0.2, 0) is 17.9 Å². The molecule has 168 valence electrons. The number of carbonyl (C=O) groups excluding carboxylic acids is 1. The Bertz CT molecular complexity index is 1090. The van der Waals surface area contributed by atoms with E-state index in [-0.39, 0.29) is 18.0 Å². The molecule has 0 bridgehead atoms. The Morgan fingerprint density at radius 1 is 1.06 bits per heavy atom. The lowest BCUT2D eigenvalue weighted by Gasteiger charge is -2.23. The molecule has 1 aliphatic rings. The number of likely N-dealkylation sites (N-methyl/N-ethyl adjacent to an activating group) is 1. The first-order valence-electron chi connectivity index (χ1n) is 11.1. The third kappa shape index (κ3) is 4.90. The maximum Gasteiger partial charge on any atom is 0.237 e. The predicted molar refractivity (Wildman–Crippen MR) is 130 cm³/mol. The van der Waals surface area contributed by atoms with Crippen molar-refractivity contribution in [3.63, 3.8) is 0 Å². The van der Waals surface area contributed by atoms with Gasteiger partial charge in [-0.05, 0) is 42.0 Å². The first-order valence-corrected chi connectivity index (χ1v) is 11.5. The number of benzene rings is 3. The predicted octanol–water partition coefficient (Wildman–Crippen LogP) is 4.37. The Kier molecular flexibility index (Phi) is 7.30. The van der Waals surface area contributed by atoms with Crippen molar-refractivity contribution >= 4 is 28.3 Å². The highest BCUT2D eigenvalue weighted by Crippen LogP contribution is 2.29. The molecule has 5 nitrogen and oxygen atoms in total. The molecule has 1 saturated heterocycles. The number of methoxy groups -OCH3 is 1. The first-order chi connectivity index (χ1) is 15.6. The Balaban J connectivity index is 1.49. The van der Waals surface area contributed by atoms with E-state index in [4.69, 9.17) is 16.3 Å². The second-order valence-corrected chi connectivity index (χ2v) is 8.62. The van der Waals surface area contributed by atoms with E-state index in [9.17, 15) is 4.79 Å². The minimum Gasteiger partial charge on any atom is -0.496 e. The SMILES string of the molecule is CCNC(=O)[C@@H]1C[C@H](NCc2ccc(OC)c3ccccc23)CN1Cc1ccccc1Cl. The summed E-state index contributed by atoms with van der Waals surface area (Å²) >= 11 is 6.40. The Morgan fingerprint density at radius 3 is 2.56 bits per heavy atom. The topological polar surface area (TPSA) is 53.6 Å². The van der Waals surface area contributed by atoms with Crippen LogP contribution in [0.3, 0.4) is 0 Å². The number of ether oxygens (including phenoxy) is 1. The fourth-order valence-corrected chi connectivity index (χ4v) is 4.75. The van der Waals surface area contributed by atoms with Crippen LogP contribution in [0.1, 0.15) is 24.5 Å². The highest BCUT2D eigenvalue weighted by Gasteiger charge is 2.36. The van der Waals surface area contributed by atoms with Crippen molar-refractivity contribution in [3.8, 4) is 5.75 Å². The monoisotopic (exact) mass is 451 g/mol. The summed E-state index contributed by atoms with van der Waals surface area (Å²) in [4.78, 5) is 15.0. The Labute approximate surface area is 194 Å². The maximum atomic E-state index is 12.8. The molecule has 1 heterocycles. The number of hydrogen-bond donors (Lipinski definition) is 2. The van der Waals surface area contributed by atoms with E-state index in [1.165, 1.54) is 10.9 Å². The van der Waals surface area contributed by atoms with Crippen molar-refractivity contribution in [2.75, 3.05) is 20.2 Å².